The van der Waals surface area contributed by atoms with Crippen LogP contribution in [0.25, 0.3) is 16.9 Å². The fourth-order valence-electron chi connectivity index (χ4n) is 3.72. The first-order valence-electron chi connectivity index (χ1n) is 10.3. The summed E-state index contributed by atoms with van der Waals surface area (Å²) in [5.74, 6) is -0.0693. The highest BCUT2D eigenvalue weighted by Gasteiger charge is 2.16. The summed E-state index contributed by atoms with van der Waals surface area (Å²) >= 11 is 1.46. The van der Waals surface area contributed by atoms with Gasteiger partial charge in [-0.25, -0.2) is 18.5 Å². The Morgan fingerprint density at radius 2 is 1.79 bits per heavy atom. The molecule has 4 aromatic rings. The Hall–Kier alpha value is -3.27. The van der Waals surface area contributed by atoms with E-state index >= 15 is 0 Å². The number of aryl methyl sites for hydroxylation is 1. The molecule has 33 heavy (non-hydrogen) atoms. The number of thiazole rings is 1. The van der Waals surface area contributed by atoms with E-state index in [0.717, 1.165) is 38.9 Å². The fourth-order valence-corrected chi connectivity index (χ4v) is 5.02. The molecule has 0 bridgehead atoms. The summed E-state index contributed by atoms with van der Waals surface area (Å²) in [6, 6.07) is 18.3. The van der Waals surface area contributed by atoms with Crippen molar-refractivity contribution in [3.8, 4) is 16.9 Å². The molecular formula is C24H24N4O3S2. The molecular weight excluding hydrogens is 456 g/mol. The zero-order chi connectivity index (χ0) is 23.6. The number of hydrogen-bond donors (Lipinski definition) is 2. The molecule has 0 spiro atoms. The molecule has 7 nitrogen and oxygen atoms in total. The van der Waals surface area contributed by atoms with E-state index in [-0.39, 0.29) is 17.2 Å². The second-order valence-corrected chi connectivity index (χ2v) is 10.2. The summed E-state index contributed by atoms with van der Waals surface area (Å²) in [6.45, 7) is 4.46. The van der Waals surface area contributed by atoms with Crippen LogP contribution >= 0.6 is 11.3 Å². The van der Waals surface area contributed by atoms with Gasteiger partial charge in [0.25, 0.3) is 0 Å². The average molecular weight is 481 g/mol. The van der Waals surface area contributed by atoms with Crippen LogP contribution in [-0.4, -0.2) is 23.9 Å². The molecule has 2 heterocycles. The first kappa shape index (κ1) is 22.9. The number of benzene rings is 2. The van der Waals surface area contributed by atoms with Crippen molar-refractivity contribution in [2.75, 3.05) is 0 Å². The van der Waals surface area contributed by atoms with Gasteiger partial charge >= 0.3 is 0 Å². The maximum absolute atomic E-state index is 12.3. The van der Waals surface area contributed by atoms with E-state index < -0.39 is 10.0 Å². The van der Waals surface area contributed by atoms with E-state index in [0.29, 0.717) is 6.54 Å². The maximum atomic E-state index is 12.3. The van der Waals surface area contributed by atoms with Gasteiger partial charge in [-0.05, 0) is 49.7 Å². The molecule has 0 aliphatic heterocycles. The van der Waals surface area contributed by atoms with Crippen molar-refractivity contribution in [3.05, 3.63) is 88.0 Å². The number of amides is 1. The van der Waals surface area contributed by atoms with Crippen LogP contribution in [0.15, 0.2) is 70.9 Å². The summed E-state index contributed by atoms with van der Waals surface area (Å²) in [6.07, 6.45) is 0.227. The van der Waals surface area contributed by atoms with Crippen LogP contribution in [0.4, 0.5) is 0 Å². The van der Waals surface area contributed by atoms with Crippen molar-refractivity contribution in [1.29, 1.82) is 0 Å². The van der Waals surface area contributed by atoms with E-state index in [1.807, 2.05) is 60.2 Å². The summed E-state index contributed by atoms with van der Waals surface area (Å²) in [7, 11) is -3.74. The highest BCUT2D eigenvalue weighted by molar-refractivity contribution is 7.89. The van der Waals surface area contributed by atoms with Crippen molar-refractivity contribution in [2.24, 2.45) is 5.14 Å². The fraction of sp³-hybridized carbons (Fsp3) is 0.167. The number of sulfonamides is 1. The SMILES string of the molecule is Cc1cc(-c2csc(CC(=O)NCc3ccccc3)n2)c(C)n1-c1ccc(S(N)(=O)=O)cc1. The standard InChI is InChI=1S/C24H24N4O3S2/c1-16-12-21(17(2)28(16)19-8-10-20(11-9-19)33(25,30)31)22-15-32-24(27-22)13-23(29)26-14-18-6-4-3-5-7-18/h3-12,15H,13-14H2,1-2H3,(H,26,29)(H2,25,30,31). The molecule has 0 radical (unpaired) electrons. The van der Waals surface area contributed by atoms with Crippen molar-refractivity contribution in [1.82, 2.24) is 14.9 Å². The molecule has 0 fully saturated rings. The zero-order valence-corrected chi connectivity index (χ0v) is 19.9. The summed E-state index contributed by atoms with van der Waals surface area (Å²) in [5.41, 5.74) is 5.62. The molecule has 170 valence electrons. The van der Waals surface area contributed by atoms with Crippen molar-refractivity contribution >= 4 is 27.3 Å². The molecule has 0 aliphatic carbocycles. The van der Waals surface area contributed by atoms with E-state index in [2.05, 4.69) is 10.3 Å². The van der Waals surface area contributed by atoms with Crippen LogP contribution in [-0.2, 0) is 27.8 Å². The molecule has 4 rings (SSSR count). The van der Waals surface area contributed by atoms with E-state index in [1.165, 1.54) is 23.5 Å². The number of nitrogens with two attached hydrogens (primary N) is 1. The Morgan fingerprint density at radius 3 is 2.45 bits per heavy atom. The van der Waals surface area contributed by atoms with Gasteiger partial charge in [-0.15, -0.1) is 11.3 Å². The van der Waals surface area contributed by atoms with E-state index in [4.69, 9.17) is 5.14 Å². The number of carbonyl (C=O) groups excluding carboxylic acids is 1. The highest BCUT2D eigenvalue weighted by Crippen LogP contribution is 2.30. The van der Waals surface area contributed by atoms with Crippen molar-refractivity contribution in [3.63, 3.8) is 0 Å². The molecule has 3 N–H and O–H groups in total. The van der Waals surface area contributed by atoms with Crippen LogP contribution in [0.3, 0.4) is 0 Å². The second kappa shape index (κ2) is 9.30. The topological polar surface area (TPSA) is 107 Å². The van der Waals surface area contributed by atoms with Gasteiger partial charge < -0.3 is 9.88 Å². The van der Waals surface area contributed by atoms with Crippen LogP contribution in [0, 0.1) is 13.8 Å². The van der Waals surface area contributed by atoms with Crippen molar-refractivity contribution < 1.29 is 13.2 Å². The molecule has 0 atom stereocenters. The summed E-state index contributed by atoms with van der Waals surface area (Å²) < 4.78 is 25.1. The molecule has 2 aromatic carbocycles. The van der Waals surface area contributed by atoms with Crippen LogP contribution in [0.1, 0.15) is 22.0 Å². The molecule has 0 unspecified atom stereocenters. The smallest absolute Gasteiger partial charge is 0.238 e. The van der Waals surface area contributed by atoms with Gasteiger partial charge in [0.15, 0.2) is 0 Å². The Labute approximate surface area is 197 Å². The quantitative estimate of drug-likeness (QED) is 0.420. The Morgan fingerprint density at radius 1 is 1.09 bits per heavy atom. The largest absolute Gasteiger partial charge is 0.352 e. The van der Waals surface area contributed by atoms with Gasteiger partial charge in [0.2, 0.25) is 15.9 Å². The van der Waals surface area contributed by atoms with Gasteiger partial charge in [0.1, 0.15) is 5.01 Å². The predicted molar refractivity (Wildman–Crippen MR) is 130 cm³/mol. The number of aromatic nitrogens is 2. The summed E-state index contributed by atoms with van der Waals surface area (Å²) in [4.78, 5) is 17.1. The molecule has 0 aliphatic rings. The maximum Gasteiger partial charge on any atom is 0.238 e. The third-order valence-corrected chi connectivity index (χ3v) is 7.10. The monoisotopic (exact) mass is 480 g/mol. The lowest BCUT2D eigenvalue weighted by atomic mass is 10.2. The van der Waals surface area contributed by atoms with Gasteiger partial charge in [-0.1, -0.05) is 30.3 Å². The van der Waals surface area contributed by atoms with Crippen LogP contribution in [0.2, 0.25) is 0 Å². The van der Waals surface area contributed by atoms with Gasteiger partial charge in [-0.3, -0.25) is 4.79 Å². The molecule has 0 saturated heterocycles. The second-order valence-electron chi connectivity index (χ2n) is 7.72. The van der Waals surface area contributed by atoms with Gasteiger partial charge in [0.05, 0.1) is 17.0 Å². The highest BCUT2D eigenvalue weighted by atomic mass is 32.2. The van der Waals surface area contributed by atoms with E-state index in [1.54, 1.807) is 12.1 Å². The molecule has 1 amide bonds. The first-order chi connectivity index (χ1) is 15.7. The Balaban J connectivity index is 1.50. The minimum absolute atomic E-state index is 0.0693. The van der Waals surface area contributed by atoms with E-state index in [9.17, 15) is 13.2 Å². The molecule has 9 heteroatoms. The number of primary sulfonamides is 1. The summed E-state index contributed by atoms with van der Waals surface area (Å²) in [5, 5.41) is 10.8. The molecule has 0 saturated carbocycles. The average Bonchev–Trinajstić information content (AvgIpc) is 3.36. The number of rotatable bonds is 7. The Bertz CT molecular complexity index is 1390. The van der Waals surface area contributed by atoms with Gasteiger partial charge in [0, 0.05) is 34.6 Å². The lowest BCUT2D eigenvalue weighted by Gasteiger charge is -2.10. The third-order valence-electron chi connectivity index (χ3n) is 5.33. The predicted octanol–water partition coefficient (Wildman–Crippen LogP) is 3.72. The number of hydrogen-bond acceptors (Lipinski definition) is 5. The number of carbonyl (C=O) groups is 1. The van der Waals surface area contributed by atoms with Crippen molar-refractivity contribution in [2.45, 2.75) is 31.7 Å². The minimum atomic E-state index is -3.74. The normalized spacial score (nSPS) is 11.5. The number of nitrogens with one attached hydrogen (secondary N) is 1. The first-order valence-corrected chi connectivity index (χ1v) is 12.7. The number of nitrogens with zero attached hydrogens (tertiary/aromatic N) is 2. The van der Waals surface area contributed by atoms with Crippen LogP contribution in [0.5, 0.6) is 0 Å². The zero-order valence-electron chi connectivity index (χ0n) is 18.3. The third kappa shape index (κ3) is 5.22. The molecule has 2 aromatic heterocycles. The minimum Gasteiger partial charge on any atom is -0.352 e. The lowest BCUT2D eigenvalue weighted by molar-refractivity contribution is -0.120. The Kier molecular flexibility index (Phi) is 6.46. The lowest BCUT2D eigenvalue weighted by Crippen LogP contribution is -2.24. The van der Waals surface area contributed by atoms with Crippen LogP contribution < -0.4 is 10.5 Å². The van der Waals surface area contributed by atoms with Gasteiger partial charge in [-0.2, -0.15) is 0 Å².